The molecular weight excluding hydrogens is 268 g/mol. The average molecular weight is 293 g/mol. The van der Waals surface area contributed by atoms with E-state index in [4.69, 9.17) is 0 Å². The number of amides is 1. The highest BCUT2D eigenvalue weighted by atomic mass is 35.5. The van der Waals surface area contributed by atoms with Gasteiger partial charge in [0.05, 0.1) is 0 Å². The molecule has 2 aliphatic heterocycles. The molecular formula is C13H25ClN2OS. The van der Waals surface area contributed by atoms with Crippen LogP contribution in [0.2, 0.25) is 0 Å². The topological polar surface area (TPSA) is 32.3 Å². The third-order valence-electron chi connectivity index (χ3n) is 3.79. The van der Waals surface area contributed by atoms with Gasteiger partial charge >= 0.3 is 0 Å². The van der Waals surface area contributed by atoms with Crippen LogP contribution in [0.3, 0.4) is 0 Å². The van der Waals surface area contributed by atoms with E-state index in [9.17, 15) is 4.79 Å². The summed E-state index contributed by atoms with van der Waals surface area (Å²) >= 11 is 1.96. The normalized spacial score (nSPS) is 29.3. The third kappa shape index (κ3) is 4.63. The molecule has 106 valence electrons. The molecule has 2 saturated heterocycles. The van der Waals surface area contributed by atoms with E-state index in [1.54, 1.807) is 0 Å². The molecule has 2 fully saturated rings. The lowest BCUT2D eigenvalue weighted by Gasteiger charge is -2.30. The number of carbonyl (C=O) groups excluding carboxylic acids is 1. The Morgan fingerprint density at radius 1 is 1.39 bits per heavy atom. The molecule has 2 atom stereocenters. The van der Waals surface area contributed by atoms with Gasteiger partial charge in [0.1, 0.15) is 0 Å². The number of halogens is 1. The zero-order valence-electron chi connectivity index (χ0n) is 11.2. The number of likely N-dealkylation sites (tertiary alicyclic amines) is 1. The predicted octanol–water partition coefficient (Wildman–Crippen LogP) is 2.29. The summed E-state index contributed by atoms with van der Waals surface area (Å²) in [7, 11) is 0. The van der Waals surface area contributed by atoms with E-state index in [1.807, 2.05) is 11.8 Å². The molecule has 18 heavy (non-hydrogen) atoms. The van der Waals surface area contributed by atoms with Crippen LogP contribution < -0.4 is 5.32 Å². The van der Waals surface area contributed by atoms with Crippen LogP contribution in [0, 0.1) is 0 Å². The summed E-state index contributed by atoms with van der Waals surface area (Å²) in [5.41, 5.74) is 0. The number of nitrogens with one attached hydrogen (secondary N) is 1. The first-order chi connectivity index (χ1) is 8.27. The summed E-state index contributed by atoms with van der Waals surface area (Å²) in [4.78, 5) is 14.4. The minimum Gasteiger partial charge on any atom is -0.340 e. The second-order valence-corrected chi connectivity index (χ2v) is 6.37. The summed E-state index contributed by atoms with van der Waals surface area (Å²) in [6, 6.07) is 0.845. The number of thioether (sulfide) groups is 1. The van der Waals surface area contributed by atoms with Gasteiger partial charge in [-0.1, -0.05) is 12.8 Å². The Morgan fingerprint density at radius 2 is 2.22 bits per heavy atom. The molecule has 0 bridgehead atoms. The maximum atomic E-state index is 12.3. The van der Waals surface area contributed by atoms with Gasteiger partial charge in [-0.3, -0.25) is 4.79 Å². The molecule has 3 nitrogen and oxygen atoms in total. The van der Waals surface area contributed by atoms with E-state index in [2.05, 4.69) is 17.1 Å². The fraction of sp³-hybridized carbons (Fsp3) is 0.923. The molecule has 5 heteroatoms. The molecule has 2 unspecified atom stereocenters. The van der Waals surface area contributed by atoms with Gasteiger partial charge in [-0.25, -0.2) is 0 Å². The van der Waals surface area contributed by atoms with Gasteiger partial charge < -0.3 is 10.2 Å². The first-order valence-electron chi connectivity index (χ1n) is 6.88. The highest BCUT2D eigenvalue weighted by Crippen LogP contribution is 2.19. The summed E-state index contributed by atoms with van der Waals surface area (Å²) in [5, 5.41) is 3.45. The van der Waals surface area contributed by atoms with Gasteiger partial charge in [0, 0.05) is 43.1 Å². The fourth-order valence-corrected chi connectivity index (χ4v) is 3.67. The van der Waals surface area contributed by atoms with E-state index >= 15 is 0 Å². The zero-order valence-corrected chi connectivity index (χ0v) is 12.8. The summed E-state index contributed by atoms with van der Waals surface area (Å²) in [5.74, 6) is 2.64. The SMILES string of the molecule is CC1CCCCCN1C(=O)CC1CSCCN1.Cl. The zero-order chi connectivity index (χ0) is 12.1. The Kier molecular flexibility index (Phi) is 7.42. The minimum atomic E-state index is 0. The van der Waals surface area contributed by atoms with Crippen molar-refractivity contribution >= 4 is 30.1 Å². The first kappa shape index (κ1) is 16.1. The Hall–Kier alpha value is 0.0700. The Labute approximate surface area is 121 Å². The monoisotopic (exact) mass is 292 g/mol. The van der Waals surface area contributed by atoms with Crippen molar-refractivity contribution in [2.75, 3.05) is 24.6 Å². The maximum absolute atomic E-state index is 12.3. The van der Waals surface area contributed by atoms with Crippen molar-refractivity contribution < 1.29 is 4.79 Å². The minimum absolute atomic E-state index is 0. The lowest BCUT2D eigenvalue weighted by atomic mass is 10.1. The van der Waals surface area contributed by atoms with E-state index < -0.39 is 0 Å². The van der Waals surface area contributed by atoms with Gasteiger partial charge in [-0.15, -0.1) is 12.4 Å². The summed E-state index contributed by atoms with van der Waals surface area (Å²) in [6.45, 7) is 4.23. The standard InChI is InChI=1S/C13H24N2OS.ClH/c1-11-5-3-2-4-7-15(11)13(16)9-12-10-17-8-6-14-12;/h11-12,14H,2-10H2,1H3;1H. The molecule has 2 heterocycles. The Balaban J connectivity index is 0.00000162. The van der Waals surface area contributed by atoms with E-state index in [0.29, 0.717) is 24.4 Å². The van der Waals surface area contributed by atoms with Crippen molar-refractivity contribution in [1.82, 2.24) is 10.2 Å². The van der Waals surface area contributed by atoms with Crippen LogP contribution in [-0.4, -0.2) is 47.5 Å². The molecule has 0 saturated carbocycles. The van der Waals surface area contributed by atoms with Crippen molar-refractivity contribution in [3.05, 3.63) is 0 Å². The molecule has 0 aromatic carbocycles. The maximum Gasteiger partial charge on any atom is 0.224 e. The highest BCUT2D eigenvalue weighted by Gasteiger charge is 2.25. The van der Waals surface area contributed by atoms with Gasteiger partial charge in [0.15, 0.2) is 0 Å². The van der Waals surface area contributed by atoms with Crippen LogP contribution >= 0.6 is 24.2 Å². The number of carbonyl (C=O) groups is 1. The molecule has 1 amide bonds. The third-order valence-corrected chi connectivity index (χ3v) is 4.92. The van der Waals surface area contributed by atoms with Crippen molar-refractivity contribution in [1.29, 1.82) is 0 Å². The lowest BCUT2D eigenvalue weighted by Crippen LogP contribution is -2.45. The van der Waals surface area contributed by atoms with Crippen LogP contribution in [0.1, 0.15) is 39.0 Å². The van der Waals surface area contributed by atoms with Gasteiger partial charge in [-0.2, -0.15) is 11.8 Å². The Morgan fingerprint density at radius 3 is 2.94 bits per heavy atom. The molecule has 1 N–H and O–H groups in total. The van der Waals surface area contributed by atoms with Crippen molar-refractivity contribution in [2.45, 2.75) is 51.1 Å². The van der Waals surface area contributed by atoms with Crippen LogP contribution in [0.15, 0.2) is 0 Å². The predicted molar refractivity (Wildman–Crippen MR) is 80.6 cm³/mol. The largest absolute Gasteiger partial charge is 0.340 e. The number of rotatable bonds is 2. The molecule has 0 aromatic heterocycles. The van der Waals surface area contributed by atoms with Gasteiger partial charge in [-0.05, 0) is 19.8 Å². The molecule has 0 aliphatic carbocycles. The Bertz CT molecular complexity index is 259. The summed E-state index contributed by atoms with van der Waals surface area (Å²) < 4.78 is 0. The summed E-state index contributed by atoms with van der Waals surface area (Å²) in [6.07, 6.45) is 5.62. The quantitative estimate of drug-likeness (QED) is 0.848. The number of nitrogens with zero attached hydrogens (tertiary/aromatic N) is 1. The van der Waals surface area contributed by atoms with Crippen molar-refractivity contribution in [2.24, 2.45) is 0 Å². The van der Waals surface area contributed by atoms with E-state index in [-0.39, 0.29) is 12.4 Å². The van der Waals surface area contributed by atoms with Crippen LogP contribution in [0.4, 0.5) is 0 Å². The fourth-order valence-electron chi connectivity index (χ4n) is 2.72. The first-order valence-corrected chi connectivity index (χ1v) is 8.03. The van der Waals surface area contributed by atoms with E-state index in [1.165, 1.54) is 31.4 Å². The van der Waals surface area contributed by atoms with Crippen LogP contribution in [0.5, 0.6) is 0 Å². The second-order valence-electron chi connectivity index (χ2n) is 5.22. The number of hydrogen-bond donors (Lipinski definition) is 1. The van der Waals surface area contributed by atoms with Crippen LogP contribution in [0.25, 0.3) is 0 Å². The molecule has 0 radical (unpaired) electrons. The second kappa shape index (κ2) is 8.28. The highest BCUT2D eigenvalue weighted by molar-refractivity contribution is 7.99. The van der Waals surface area contributed by atoms with Crippen LogP contribution in [-0.2, 0) is 4.79 Å². The molecule has 2 aliphatic rings. The van der Waals surface area contributed by atoms with Crippen molar-refractivity contribution in [3.8, 4) is 0 Å². The molecule has 0 aromatic rings. The van der Waals surface area contributed by atoms with Gasteiger partial charge in [0.2, 0.25) is 5.91 Å². The average Bonchev–Trinajstić information content (AvgIpc) is 2.55. The smallest absolute Gasteiger partial charge is 0.224 e. The van der Waals surface area contributed by atoms with Gasteiger partial charge in [0.25, 0.3) is 0 Å². The lowest BCUT2D eigenvalue weighted by molar-refractivity contribution is -0.133. The van der Waals surface area contributed by atoms with Crippen molar-refractivity contribution in [3.63, 3.8) is 0 Å². The molecule has 0 spiro atoms. The van der Waals surface area contributed by atoms with E-state index in [0.717, 1.165) is 18.8 Å². The molecule has 2 rings (SSSR count). The number of hydrogen-bond acceptors (Lipinski definition) is 3.